The third kappa shape index (κ3) is 5.12. The summed E-state index contributed by atoms with van der Waals surface area (Å²) in [4.78, 5) is 20.4. The van der Waals surface area contributed by atoms with Crippen molar-refractivity contribution in [3.63, 3.8) is 0 Å². The van der Waals surface area contributed by atoms with Gasteiger partial charge in [-0.1, -0.05) is 24.3 Å². The zero-order chi connectivity index (χ0) is 23.6. The average Bonchev–Trinajstić information content (AvgIpc) is 3.15. The minimum atomic E-state index is -3.39. The van der Waals surface area contributed by atoms with Gasteiger partial charge >= 0.3 is 0 Å². The van der Waals surface area contributed by atoms with Crippen molar-refractivity contribution < 1.29 is 13.2 Å². The van der Waals surface area contributed by atoms with E-state index in [9.17, 15) is 13.2 Å². The van der Waals surface area contributed by atoms with Crippen LogP contribution < -0.4 is 14.9 Å². The molecular formula is C23H24N6O3S. The van der Waals surface area contributed by atoms with Crippen LogP contribution in [-0.4, -0.2) is 42.2 Å². The molecular weight excluding hydrogens is 440 g/mol. The number of benzene rings is 2. The van der Waals surface area contributed by atoms with Gasteiger partial charge in [0, 0.05) is 43.1 Å². The third-order valence-corrected chi connectivity index (χ3v) is 6.30. The van der Waals surface area contributed by atoms with Gasteiger partial charge in [-0.3, -0.25) is 9.10 Å². The number of nitrogens with zero attached hydrogens (tertiary/aromatic N) is 4. The number of hydrogen-bond acceptors (Lipinski definition) is 6. The maximum absolute atomic E-state index is 12.1. The summed E-state index contributed by atoms with van der Waals surface area (Å²) >= 11 is 0. The summed E-state index contributed by atoms with van der Waals surface area (Å²) in [5.74, 6) is 0.258. The van der Waals surface area contributed by atoms with Crippen molar-refractivity contribution in [1.82, 2.24) is 14.5 Å². The average molecular weight is 465 g/mol. The highest BCUT2D eigenvalue weighted by atomic mass is 32.2. The summed E-state index contributed by atoms with van der Waals surface area (Å²) in [5.41, 5.74) is 3.58. The number of carbonyl (C=O) groups excluding carboxylic acids is 1. The highest BCUT2D eigenvalue weighted by Crippen LogP contribution is 2.25. The van der Waals surface area contributed by atoms with E-state index in [-0.39, 0.29) is 5.91 Å². The molecule has 10 heteroatoms. The van der Waals surface area contributed by atoms with Crippen LogP contribution in [0.4, 0.5) is 23.0 Å². The monoisotopic (exact) mass is 464 g/mol. The van der Waals surface area contributed by atoms with Crippen molar-refractivity contribution in [2.75, 3.05) is 28.2 Å². The molecule has 9 nitrogen and oxygen atoms in total. The largest absolute Gasteiger partial charge is 0.328 e. The lowest BCUT2D eigenvalue weighted by Gasteiger charge is -2.20. The number of fused-ring (bicyclic) bond motifs is 1. The molecule has 2 aromatic heterocycles. The van der Waals surface area contributed by atoms with E-state index in [1.165, 1.54) is 17.5 Å². The highest BCUT2D eigenvalue weighted by molar-refractivity contribution is 7.92. The molecule has 0 atom stereocenters. The lowest BCUT2D eigenvalue weighted by molar-refractivity contribution is -0.114. The van der Waals surface area contributed by atoms with Gasteiger partial charge in [0.2, 0.25) is 21.9 Å². The number of para-hydroxylation sites is 1. The molecule has 0 aliphatic rings. The molecule has 2 heterocycles. The van der Waals surface area contributed by atoms with Crippen molar-refractivity contribution >= 4 is 50.0 Å². The fraction of sp³-hybridized carbons (Fsp3) is 0.174. The molecule has 33 heavy (non-hydrogen) atoms. The van der Waals surface area contributed by atoms with E-state index in [2.05, 4.69) is 20.6 Å². The zero-order valence-corrected chi connectivity index (χ0v) is 19.3. The van der Waals surface area contributed by atoms with Crippen molar-refractivity contribution in [3.05, 3.63) is 72.6 Å². The van der Waals surface area contributed by atoms with Crippen LogP contribution in [0.5, 0.6) is 0 Å². The Morgan fingerprint density at radius 3 is 2.61 bits per heavy atom. The molecule has 0 radical (unpaired) electrons. The van der Waals surface area contributed by atoms with Gasteiger partial charge in [0.25, 0.3) is 0 Å². The van der Waals surface area contributed by atoms with Crippen LogP contribution in [0.2, 0.25) is 0 Å². The maximum Gasteiger partial charge on any atom is 0.232 e. The normalized spacial score (nSPS) is 11.4. The SMILES string of the molecule is CC(=O)Nc1cccc(Nc2ncc3ccn(Cc4ccccc4N(C)S(C)(=O)=O)c3n2)c1. The Hall–Kier alpha value is -3.92. The first-order chi connectivity index (χ1) is 15.7. The van der Waals surface area contributed by atoms with E-state index in [4.69, 9.17) is 0 Å². The Morgan fingerprint density at radius 2 is 1.85 bits per heavy atom. The van der Waals surface area contributed by atoms with E-state index in [0.29, 0.717) is 29.5 Å². The van der Waals surface area contributed by atoms with E-state index in [1.54, 1.807) is 31.4 Å². The molecule has 0 spiro atoms. The van der Waals surface area contributed by atoms with Gasteiger partial charge in [0.05, 0.1) is 18.5 Å². The molecule has 0 fully saturated rings. The number of carbonyl (C=O) groups is 1. The number of nitrogens with one attached hydrogen (secondary N) is 2. The quantitative estimate of drug-likeness (QED) is 0.433. The second-order valence-electron chi connectivity index (χ2n) is 7.66. The van der Waals surface area contributed by atoms with Crippen LogP contribution in [-0.2, 0) is 21.4 Å². The van der Waals surface area contributed by atoms with Gasteiger partial charge in [-0.2, -0.15) is 4.98 Å². The van der Waals surface area contributed by atoms with Crippen LogP contribution >= 0.6 is 0 Å². The lowest BCUT2D eigenvalue weighted by Crippen LogP contribution is -2.26. The number of rotatable bonds is 7. The molecule has 170 valence electrons. The van der Waals surface area contributed by atoms with Gasteiger partial charge in [-0.05, 0) is 35.9 Å². The number of hydrogen-bond donors (Lipinski definition) is 2. The van der Waals surface area contributed by atoms with Crippen LogP contribution in [0.25, 0.3) is 11.0 Å². The number of aromatic nitrogens is 3. The third-order valence-electron chi connectivity index (χ3n) is 5.11. The number of anilines is 4. The van der Waals surface area contributed by atoms with Gasteiger partial charge in [-0.25, -0.2) is 13.4 Å². The molecule has 0 saturated carbocycles. The molecule has 2 N–H and O–H groups in total. The molecule has 0 aliphatic heterocycles. The number of amides is 1. The summed E-state index contributed by atoms with van der Waals surface area (Å²) in [5, 5.41) is 6.78. The summed E-state index contributed by atoms with van der Waals surface area (Å²) < 4.78 is 27.4. The smallest absolute Gasteiger partial charge is 0.232 e. The predicted molar refractivity (Wildman–Crippen MR) is 130 cm³/mol. The Morgan fingerprint density at radius 1 is 1.09 bits per heavy atom. The van der Waals surface area contributed by atoms with Crippen molar-refractivity contribution in [2.45, 2.75) is 13.5 Å². The molecule has 0 bridgehead atoms. The van der Waals surface area contributed by atoms with Crippen LogP contribution in [0.1, 0.15) is 12.5 Å². The maximum atomic E-state index is 12.1. The summed E-state index contributed by atoms with van der Waals surface area (Å²) in [6.07, 6.45) is 4.81. The first kappa shape index (κ1) is 22.3. The second kappa shape index (κ2) is 8.91. The fourth-order valence-electron chi connectivity index (χ4n) is 3.48. The van der Waals surface area contributed by atoms with Crippen LogP contribution in [0.3, 0.4) is 0 Å². The Labute approximate surface area is 192 Å². The molecule has 2 aromatic carbocycles. The first-order valence-corrected chi connectivity index (χ1v) is 12.0. The standard InChI is InChI=1S/C23H24N6O3S/c1-16(30)25-19-8-6-9-20(13-19)26-23-24-14-17-11-12-29(22(17)27-23)15-18-7-4-5-10-21(18)28(2)33(3,31)32/h4-14H,15H2,1-3H3,(H,25,30)(H,24,26,27). The molecule has 0 unspecified atom stereocenters. The van der Waals surface area contributed by atoms with E-state index < -0.39 is 10.0 Å². The minimum Gasteiger partial charge on any atom is -0.328 e. The van der Waals surface area contributed by atoms with Crippen LogP contribution in [0.15, 0.2) is 67.0 Å². The van der Waals surface area contributed by atoms with Gasteiger partial charge in [-0.15, -0.1) is 0 Å². The minimum absolute atomic E-state index is 0.149. The molecule has 0 saturated heterocycles. The van der Waals surface area contributed by atoms with E-state index >= 15 is 0 Å². The summed E-state index contributed by atoms with van der Waals surface area (Å²) in [6.45, 7) is 1.89. The van der Waals surface area contributed by atoms with Gasteiger partial charge < -0.3 is 15.2 Å². The number of sulfonamides is 1. The Bertz CT molecular complexity index is 1430. The zero-order valence-electron chi connectivity index (χ0n) is 18.5. The van der Waals surface area contributed by atoms with Gasteiger partial charge in [0.1, 0.15) is 5.65 Å². The molecule has 4 aromatic rings. The molecule has 4 rings (SSSR count). The van der Waals surface area contributed by atoms with Crippen LogP contribution in [0, 0.1) is 0 Å². The lowest BCUT2D eigenvalue weighted by atomic mass is 10.2. The van der Waals surface area contributed by atoms with E-state index in [1.807, 2.05) is 47.2 Å². The predicted octanol–water partition coefficient (Wildman–Crippen LogP) is 3.58. The van der Waals surface area contributed by atoms with E-state index in [0.717, 1.165) is 16.6 Å². The molecule has 1 amide bonds. The Balaban J connectivity index is 1.63. The summed E-state index contributed by atoms with van der Waals surface area (Å²) in [7, 11) is -1.85. The Kier molecular flexibility index (Phi) is 6.01. The topological polar surface area (TPSA) is 109 Å². The first-order valence-electron chi connectivity index (χ1n) is 10.2. The molecule has 0 aliphatic carbocycles. The second-order valence-corrected chi connectivity index (χ2v) is 9.68. The van der Waals surface area contributed by atoms with Crippen molar-refractivity contribution in [1.29, 1.82) is 0 Å². The van der Waals surface area contributed by atoms with Crippen molar-refractivity contribution in [3.8, 4) is 0 Å². The van der Waals surface area contributed by atoms with Gasteiger partial charge in [0.15, 0.2) is 0 Å². The highest BCUT2D eigenvalue weighted by Gasteiger charge is 2.16. The fourth-order valence-corrected chi connectivity index (χ4v) is 4.01. The summed E-state index contributed by atoms with van der Waals surface area (Å²) in [6, 6.07) is 16.6. The van der Waals surface area contributed by atoms with Crippen molar-refractivity contribution in [2.24, 2.45) is 0 Å².